The Bertz CT molecular complexity index is 789. The van der Waals surface area contributed by atoms with Gasteiger partial charge in [-0.15, -0.1) is 11.3 Å². The minimum atomic E-state index is -3.57. The Labute approximate surface area is 140 Å². The van der Waals surface area contributed by atoms with Crippen molar-refractivity contribution in [3.8, 4) is 5.75 Å². The highest BCUT2D eigenvalue weighted by molar-refractivity contribution is 7.91. The number of para-hydroxylation sites is 1. The predicted octanol–water partition coefficient (Wildman–Crippen LogP) is 1.80. The van der Waals surface area contributed by atoms with Crippen LogP contribution in [-0.2, 0) is 10.0 Å². The first kappa shape index (κ1) is 16.4. The molecule has 2 heterocycles. The van der Waals surface area contributed by atoms with E-state index in [-0.39, 0.29) is 10.3 Å². The van der Waals surface area contributed by atoms with Crippen LogP contribution in [0.3, 0.4) is 0 Å². The maximum absolute atomic E-state index is 13.0. The number of thiazole rings is 1. The average molecular weight is 353 g/mol. The van der Waals surface area contributed by atoms with Crippen molar-refractivity contribution < 1.29 is 13.2 Å². The molecule has 1 aromatic heterocycles. The molecule has 1 atom stereocenters. The first-order valence-corrected chi connectivity index (χ1v) is 9.57. The summed E-state index contributed by atoms with van der Waals surface area (Å²) in [6.07, 6.45) is 1.44. The zero-order valence-corrected chi connectivity index (χ0v) is 14.7. The lowest BCUT2D eigenvalue weighted by Gasteiger charge is -2.35. The molecule has 1 aromatic carbocycles. The van der Waals surface area contributed by atoms with Gasteiger partial charge in [0.15, 0.2) is 4.21 Å². The molecule has 1 fully saturated rings. The molecule has 0 radical (unpaired) electrons. The summed E-state index contributed by atoms with van der Waals surface area (Å²) in [5.41, 5.74) is 0.868. The molecule has 1 N–H and O–H groups in total. The number of ether oxygens (including phenoxy) is 1. The number of benzene rings is 1. The molecule has 0 aliphatic carbocycles. The quantitative estimate of drug-likeness (QED) is 0.907. The predicted molar refractivity (Wildman–Crippen MR) is 89.3 cm³/mol. The molecule has 0 amide bonds. The first-order chi connectivity index (χ1) is 11.0. The molecular formula is C15H19N3O3S2. The summed E-state index contributed by atoms with van der Waals surface area (Å²) in [7, 11) is -1.97. The molecule has 8 heteroatoms. The van der Waals surface area contributed by atoms with Crippen molar-refractivity contribution in [3.63, 3.8) is 0 Å². The lowest BCUT2D eigenvalue weighted by Crippen LogP contribution is -2.48. The second kappa shape index (κ2) is 6.56. The van der Waals surface area contributed by atoms with Crippen molar-refractivity contribution in [1.82, 2.24) is 14.6 Å². The van der Waals surface area contributed by atoms with Crippen molar-refractivity contribution >= 4 is 21.4 Å². The van der Waals surface area contributed by atoms with Gasteiger partial charge in [0.2, 0.25) is 0 Å². The molecule has 0 saturated carbocycles. The van der Waals surface area contributed by atoms with Crippen LogP contribution in [0, 0.1) is 6.92 Å². The van der Waals surface area contributed by atoms with E-state index in [9.17, 15) is 8.42 Å². The number of rotatable bonds is 4. The Hall–Kier alpha value is -1.48. The molecule has 3 rings (SSSR count). The third-order valence-electron chi connectivity index (χ3n) is 3.86. The summed E-state index contributed by atoms with van der Waals surface area (Å²) in [6, 6.07) is 7.24. The number of sulfonamides is 1. The second-order valence-electron chi connectivity index (χ2n) is 5.28. The number of methoxy groups -OCH3 is 1. The third kappa shape index (κ3) is 3.12. The Morgan fingerprint density at radius 3 is 2.87 bits per heavy atom. The molecule has 0 spiro atoms. The second-order valence-corrected chi connectivity index (χ2v) is 8.63. The topological polar surface area (TPSA) is 71.5 Å². The number of aryl methyl sites for hydroxylation is 1. The van der Waals surface area contributed by atoms with Crippen LogP contribution in [0.1, 0.15) is 16.6 Å². The van der Waals surface area contributed by atoms with Gasteiger partial charge in [-0.2, -0.15) is 4.31 Å². The van der Waals surface area contributed by atoms with Crippen molar-refractivity contribution in [2.45, 2.75) is 17.2 Å². The van der Waals surface area contributed by atoms with Gasteiger partial charge in [-0.1, -0.05) is 18.2 Å². The van der Waals surface area contributed by atoms with Gasteiger partial charge >= 0.3 is 0 Å². The summed E-state index contributed by atoms with van der Waals surface area (Å²) in [6.45, 7) is 3.40. The highest BCUT2D eigenvalue weighted by atomic mass is 32.2. The van der Waals surface area contributed by atoms with Crippen molar-refractivity contribution in [1.29, 1.82) is 0 Å². The van der Waals surface area contributed by atoms with E-state index in [4.69, 9.17) is 4.74 Å². The fourth-order valence-corrected chi connectivity index (χ4v) is 5.60. The summed E-state index contributed by atoms with van der Waals surface area (Å²) in [5, 5.41) is 4.01. The highest BCUT2D eigenvalue weighted by Crippen LogP contribution is 2.34. The van der Waals surface area contributed by atoms with E-state index < -0.39 is 10.0 Å². The maximum atomic E-state index is 13.0. The van der Waals surface area contributed by atoms with Crippen LogP contribution >= 0.6 is 11.3 Å². The summed E-state index contributed by atoms with van der Waals surface area (Å²) in [5.74, 6) is 0.696. The zero-order valence-electron chi connectivity index (χ0n) is 13.0. The number of hydrogen-bond donors (Lipinski definition) is 1. The zero-order chi connectivity index (χ0) is 16.4. The van der Waals surface area contributed by atoms with Crippen LogP contribution in [0.15, 0.2) is 34.7 Å². The fraction of sp³-hybridized carbons (Fsp3) is 0.400. The van der Waals surface area contributed by atoms with E-state index in [1.54, 1.807) is 18.3 Å². The number of nitrogens with one attached hydrogen (secondary N) is 1. The Balaban J connectivity index is 2.02. The minimum absolute atomic E-state index is 0.289. The van der Waals surface area contributed by atoms with Crippen LogP contribution in [0.4, 0.5) is 0 Å². The average Bonchev–Trinajstić information content (AvgIpc) is 3.02. The number of piperazine rings is 1. The largest absolute Gasteiger partial charge is 0.496 e. The van der Waals surface area contributed by atoms with Crippen molar-refractivity contribution in [2.24, 2.45) is 0 Å². The highest BCUT2D eigenvalue weighted by Gasteiger charge is 2.36. The van der Waals surface area contributed by atoms with Crippen LogP contribution < -0.4 is 10.1 Å². The van der Waals surface area contributed by atoms with Crippen molar-refractivity contribution in [3.05, 3.63) is 41.0 Å². The van der Waals surface area contributed by atoms with Gasteiger partial charge in [-0.3, -0.25) is 0 Å². The normalized spacial score (nSPS) is 19.7. The van der Waals surface area contributed by atoms with Crippen LogP contribution in [0.2, 0.25) is 0 Å². The SMILES string of the molecule is COc1ccccc1C1CNCCN1S(=O)(=O)c1cnc(C)s1. The molecular weight excluding hydrogens is 334 g/mol. The van der Waals surface area contributed by atoms with E-state index in [0.717, 1.165) is 10.6 Å². The molecule has 124 valence electrons. The van der Waals surface area contributed by atoms with Gasteiger partial charge in [0.05, 0.1) is 24.4 Å². The van der Waals surface area contributed by atoms with E-state index >= 15 is 0 Å². The molecule has 0 bridgehead atoms. The first-order valence-electron chi connectivity index (χ1n) is 7.32. The van der Waals surface area contributed by atoms with Gasteiger partial charge in [0.1, 0.15) is 5.75 Å². The Morgan fingerprint density at radius 2 is 2.17 bits per heavy atom. The molecule has 1 aliphatic rings. The standard InChI is InChI=1S/C15H19N3O3S2/c1-11-17-10-15(22-11)23(19,20)18-8-7-16-9-13(18)12-5-3-4-6-14(12)21-2/h3-6,10,13,16H,7-9H2,1-2H3. The van der Waals surface area contributed by atoms with Crippen LogP contribution in [0.5, 0.6) is 5.75 Å². The van der Waals surface area contributed by atoms with Gasteiger partial charge in [0, 0.05) is 25.2 Å². The Kier molecular flexibility index (Phi) is 4.67. The number of aromatic nitrogens is 1. The number of nitrogens with zero attached hydrogens (tertiary/aromatic N) is 2. The molecule has 1 saturated heterocycles. The van der Waals surface area contributed by atoms with Crippen molar-refractivity contribution in [2.75, 3.05) is 26.7 Å². The molecule has 23 heavy (non-hydrogen) atoms. The summed E-state index contributed by atoms with van der Waals surface area (Å²) >= 11 is 1.20. The van der Waals surface area contributed by atoms with Gasteiger partial charge < -0.3 is 10.1 Å². The fourth-order valence-electron chi connectivity index (χ4n) is 2.76. The summed E-state index contributed by atoms with van der Waals surface area (Å²) in [4.78, 5) is 4.08. The summed E-state index contributed by atoms with van der Waals surface area (Å²) < 4.78 is 33.3. The maximum Gasteiger partial charge on any atom is 0.254 e. The molecule has 1 unspecified atom stereocenters. The van der Waals surface area contributed by atoms with Gasteiger partial charge in [0.25, 0.3) is 10.0 Å². The monoisotopic (exact) mass is 353 g/mol. The van der Waals surface area contributed by atoms with Gasteiger partial charge in [-0.25, -0.2) is 13.4 Å². The van der Waals surface area contributed by atoms with E-state index in [2.05, 4.69) is 10.3 Å². The smallest absolute Gasteiger partial charge is 0.254 e. The van der Waals surface area contributed by atoms with Crippen LogP contribution in [0.25, 0.3) is 0 Å². The van der Waals surface area contributed by atoms with E-state index in [1.165, 1.54) is 17.5 Å². The molecule has 6 nitrogen and oxygen atoms in total. The lowest BCUT2D eigenvalue weighted by molar-refractivity contribution is 0.265. The van der Waals surface area contributed by atoms with E-state index in [0.29, 0.717) is 25.4 Å². The molecule has 1 aliphatic heterocycles. The molecule has 2 aromatic rings. The van der Waals surface area contributed by atoms with Crippen LogP contribution in [-0.4, -0.2) is 44.5 Å². The third-order valence-corrected chi connectivity index (χ3v) is 7.11. The van der Waals surface area contributed by atoms with Gasteiger partial charge in [-0.05, 0) is 13.0 Å². The lowest BCUT2D eigenvalue weighted by atomic mass is 10.0. The number of hydrogen-bond acceptors (Lipinski definition) is 6. The van der Waals surface area contributed by atoms with E-state index in [1.807, 2.05) is 24.3 Å². The minimum Gasteiger partial charge on any atom is -0.496 e. The Morgan fingerprint density at radius 1 is 1.39 bits per heavy atom.